The van der Waals surface area contributed by atoms with Crippen molar-refractivity contribution in [1.82, 2.24) is 0 Å². The first kappa shape index (κ1) is 28.4. The molecule has 3 aliphatic carbocycles. The van der Waals surface area contributed by atoms with Gasteiger partial charge in [0.1, 0.15) is 0 Å². The molecule has 4 aromatic rings. The quantitative estimate of drug-likeness (QED) is 0.229. The molecule has 0 saturated carbocycles. The molecule has 1 unspecified atom stereocenters. The molecule has 0 aliphatic heterocycles. The Kier molecular flexibility index (Phi) is 6.67. The predicted octanol–water partition coefficient (Wildman–Crippen LogP) is 9.86. The molecule has 44 heavy (non-hydrogen) atoms. The Hall–Kier alpha value is -4.42. The van der Waals surface area contributed by atoms with Gasteiger partial charge in [-0.15, -0.1) is 0 Å². The van der Waals surface area contributed by atoms with Gasteiger partial charge in [-0.1, -0.05) is 157 Å². The molecule has 0 heteroatoms. The van der Waals surface area contributed by atoms with Crippen LogP contribution in [0.5, 0.6) is 0 Å². The normalized spacial score (nSPS) is 19.4. The highest BCUT2D eigenvalue weighted by molar-refractivity contribution is 6.03. The molecule has 1 atom stereocenters. The summed E-state index contributed by atoms with van der Waals surface area (Å²) in [6.45, 7) is 14.3. The number of rotatable bonds is 4. The third-order valence-electron chi connectivity index (χ3n) is 9.83. The number of hydrogen-bond acceptors (Lipinski definition) is 0. The summed E-state index contributed by atoms with van der Waals surface area (Å²) in [5.74, 6) is 0. The van der Waals surface area contributed by atoms with E-state index in [0.717, 1.165) is 6.42 Å². The largest absolute Gasteiger partial charge is 0.0801 e. The van der Waals surface area contributed by atoms with E-state index in [0.29, 0.717) is 0 Å². The molecule has 218 valence electrons. The average Bonchev–Trinajstić information content (AvgIpc) is 3.68. The lowest BCUT2D eigenvalue weighted by Gasteiger charge is -2.52. The molecule has 0 spiro atoms. The van der Waals surface area contributed by atoms with Crippen LogP contribution in [0.2, 0.25) is 0 Å². The Morgan fingerprint density at radius 1 is 0.636 bits per heavy atom. The van der Waals surface area contributed by atoms with Gasteiger partial charge in [-0.2, -0.15) is 0 Å². The van der Waals surface area contributed by atoms with Crippen molar-refractivity contribution in [2.24, 2.45) is 5.41 Å². The molecule has 0 saturated heterocycles. The zero-order valence-corrected chi connectivity index (χ0v) is 26.9. The van der Waals surface area contributed by atoms with Crippen LogP contribution in [0.3, 0.4) is 0 Å². The zero-order valence-electron chi connectivity index (χ0n) is 26.9. The van der Waals surface area contributed by atoms with E-state index in [1.54, 1.807) is 0 Å². The van der Waals surface area contributed by atoms with E-state index in [-0.39, 0.29) is 16.2 Å². The summed E-state index contributed by atoms with van der Waals surface area (Å²) in [5, 5.41) is 2.68. The third-order valence-corrected chi connectivity index (χ3v) is 9.83. The van der Waals surface area contributed by atoms with Crippen LogP contribution in [0.15, 0.2) is 144 Å². The fourth-order valence-corrected chi connectivity index (χ4v) is 7.84. The molecule has 0 bridgehead atoms. The fourth-order valence-electron chi connectivity index (χ4n) is 7.84. The van der Waals surface area contributed by atoms with E-state index < -0.39 is 0 Å². The minimum Gasteiger partial charge on any atom is -0.0801 e. The third kappa shape index (κ3) is 4.34. The van der Waals surface area contributed by atoms with Crippen molar-refractivity contribution in [1.29, 1.82) is 0 Å². The van der Waals surface area contributed by atoms with Crippen LogP contribution < -0.4 is 10.4 Å². The van der Waals surface area contributed by atoms with E-state index >= 15 is 0 Å². The van der Waals surface area contributed by atoms with Gasteiger partial charge in [0.05, 0.1) is 5.41 Å². The highest BCUT2D eigenvalue weighted by Crippen LogP contribution is 2.62. The summed E-state index contributed by atoms with van der Waals surface area (Å²) in [4.78, 5) is 0. The fraction of sp³-hybridized carbons (Fsp3) is 0.227. The lowest BCUT2D eigenvalue weighted by Crippen LogP contribution is -2.45. The van der Waals surface area contributed by atoms with Crippen molar-refractivity contribution in [3.05, 3.63) is 171 Å². The Morgan fingerprint density at radius 2 is 1.25 bits per heavy atom. The van der Waals surface area contributed by atoms with Gasteiger partial charge >= 0.3 is 0 Å². The van der Waals surface area contributed by atoms with Crippen molar-refractivity contribution in [3.8, 4) is 11.1 Å². The molecular formula is C44H42. The minimum atomic E-state index is -0.370. The standard InChI is InChI=1S/C44H42/c1-42(2,3)35-26-33-27-38-37(40(33)36(28-35)30-18-10-7-11-19-30)29-39(31-20-12-8-13-21-31)44(43(4,5)6,34-24-14-9-15-25-34)41(38)32-22-16-17-23-32/h7-22,24-29H,23H2,1-6H3. The average molecular weight is 571 g/mol. The van der Waals surface area contributed by atoms with Gasteiger partial charge in [-0.05, 0) is 102 Å². The summed E-state index contributed by atoms with van der Waals surface area (Å²) >= 11 is 0. The molecule has 0 amide bonds. The van der Waals surface area contributed by atoms with Gasteiger partial charge in [0.15, 0.2) is 0 Å². The van der Waals surface area contributed by atoms with Crippen molar-refractivity contribution in [2.75, 3.05) is 0 Å². The Labute approximate surface area is 263 Å². The molecule has 4 aromatic carbocycles. The molecule has 0 nitrogen and oxygen atoms in total. The number of fused-ring (bicyclic) bond motifs is 2. The van der Waals surface area contributed by atoms with Crippen LogP contribution >= 0.6 is 0 Å². The molecule has 0 fully saturated rings. The van der Waals surface area contributed by atoms with Crippen molar-refractivity contribution >= 4 is 17.2 Å². The lowest BCUT2D eigenvalue weighted by molar-refractivity contribution is 0.287. The van der Waals surface area contributed by atoms with Crippen LogP contribution in [0.25, 0.3) is 28.3 Å². The zero-order chi connectivity index (χ0) is 30.7. The van der Waals surface area contributed by atoms with Crippen molar-refractivity contribution < 1.29 is 0 Å². The first-order valence-electron chi connectivity index (χ1n) is 16.0. The van der Waals surface area contributed by atoms with Gasteiger partial charge in [0, 0.05) is 0 Å². The molecule has 0 N–H and O–H groups in total. The van der Waals surface area contributed by atoms with Gasteiger partial charge < -0.3 is 0 Å². The maximum Gasteiger partial charge on any atom is 0.0514 e. The topological polar surface area (TPSA) is 0 Å². The second-order valence-corrected chi connectivity index (χ2v) is 14.6. The van der Waals surface area contributed by atoms with Gasteiger partial charge in [0.25, 0.3) is 0 Å². The van der Waals surface area contributed by atoms with Crippen LogP contribution in [0.1, 0.15) is 64.7 Å². The van der Waals surface area contributed by atoms with Crippen molar-refractivity contribution in [2.45, 2.75) is 58.8 Å². The molecule has 0 heterocycles. The summed E-state index contributed by atoms with van der Waals surface area (Å²) in [5.41, 5.74) is 13.1. The lowest BCUT2D eigenvalue weighted by atomic mass is 9.50. The first-order chi connectivity index (χ1) is 21.1. The minimum absolute atomic E-state index is 0.0319. The van der Waals surface area contributed by atoms with Crippen LogP contribution in [-0.2, 0) is 10.8 Å². The Balaban J connectivity index is 1.72. The molecule has 0 aromatic heterocycles. The highest BCUT2D eigenvalue weighted by Gasteiger charge is 2.53. The first-order valence-corrected chi connectivity index (χ1v) is 16.0. The van der Waals surface area contributed by atoms with Crippen LogP contribution in [-0.4, -0.2) is 0 Å². The van der Waals surface area contributed by atoms with E-state index in [2.05, 4.69) is 175 Å². The second-order valence-electron chi connectivity index (χ2n) is 14.6. The summed E-state index contributed by atoms with van der Waals surface area (Å²) < 4.78 is 0. The maximum atomic E-state index is 2.56. The number of hydrogen-bond donors (Lipinski definition) is 0. The van der Waals surface area contributed by atoms with Crippen LogP contribution in [0.4, 0.5) is 0 Å². The number of benzene rings is 4. The molecule has 3 aliphatic rings. The summed E-state index contributed by atoms with van der Waals surface area (Å²) in [7, 11) is 0. The predicted molar refractivity (Wildman–Crippen MR) is 189 cm³/mol. The van der Waals surface area contributed by atoms with Crippen molar-refractivity contribution in [3.63, 3.8) is 0 Å². The smallest absolute Gasteiger partial charge is 0.0514 e. The molecule has 0 radical (unpaired) electrons. The molecular weight excluding hydrogens is 528 g/mol. The van der Waals surface area contributed by atoms with Gasteiger partial charge in [-0.25, -0.2) is 0 Å². The van der Waals surface area contributed by atoms with Gasteiger partial charge in [0.2, 0.25) is 0 Å². The SMILES string of the molecule is CC(C)(C)c1cc(-c2ccccc2)c2c(c1)=CC1=C(C3=CC=CC3)C(c3ccccc3)(C(C)(C)C)C(c3ccccc3)=CC=21. The summed E-state index contributed by atoms with van der Waals surface area (Å²) in [6, 6.07) is 38.3. The highest BCUT2D eigenvalue weighted by atomic mass is 14.5. The second kappa shape index (κ2) is 10.3. The van der Waals surface area contributed by atoms with E-state index in [1.165, 1.54) is 66.1 Å². The van der Waals surface area contributed by atoms with E-state index in [9.17, 15) is 0 Å². The monoisotopic (exact) mass is 570 g/mol. The summed E-state index contributed by atoms with van der Waals surface area (Å²) in [6.07, 6.45) is 12.9. The Bertz CT molecular complexity index is 2000. The van der Waals surface area contributed by atoms with Crippen LogP contribution in [0, 0.1) is 5.41 Å². The Morgan fingerprint density at radius 3 is 1.82 bits per heavy atom. The number of allylic oxidation sites excluding steroid dienone is 8. The van der Waals surface area contributed by atoms with E-state index in [1.807, 2.05) is 0 Å². The van der Waals surface area contributed by atoms with E-state index in [4.69, 9.17) is 0 Å². The maximum absolute atomic E-state index is 2.56. The molecule has 7 rings (SSSR count). The van der Waals surface area contributed by atoms with Gasteiger partial charge in [-0.3, -0.25) is 0 Å².